The van der Waals surface area contributed by atoms with Crippen molar-refractivity contribution in [1.29, 1.82) is 0 Å². The minimum absolute atomic E-state index is 0.0310. The molecule has 2 aromatic rings. The van der Waals surface area contributed by atoms with Crippen molar-refractivity contribution in [2.24, 2.45) is 0 Å². The molecule has 0 fully saturated rings. The zero-order valence-electron chi connectivity index (χ0n) is 8.17. The Morgan fingerprint density at radius 1 is 1.53 bits per heavy atom. The molecule has 0 spiro atoms. The first-order valence-electron chi connectivity index (χ1n) is 4.56. The third kappa shape index (κ3) is 1.83. The van der Waals surface area contributed by atoms with Gasteiger partial charge < -0.3 is 10.1 Å². The van der Waals surface area contributed by atoms with Gasteiger partial charge >= 0.3 is 5.97 Å². The molecule has 0 amide bonds. The molecular formula is C11H10ClNO2. The number of aryl methyl sites for hydroxylation is 1. The minimum atomic E-state index is -0.830. The van der Waals surface area contributed by atoms with Crippen LogP contribution in [0.15, 0.2) is 18.3 Å². The lowest BCUT2D eigenvalue weighted by atomic mass is 10.0. The van der Waals surface area contributed by atoms with E-state index in [1.54, 1.807) is 6.20 Å². The Hall–Kier alpha value is -1.48. The van der Waals surface area contributed by atoms with Crippen molar-refractivity contribution in [2.45, 2.75) is 13.3 Å². The smallest absolute Gasteiger partial charge is 0.307 e. The molecule has 0 saturated heterocycles. The average Bonchev–Trinajstić information content (AvgIpc) is 2.48. The molecule has 15 heavy (non-hydrogen) atoms. The number of fused-ring (bicyclic) bond motifs is 1. The molecule has 2 rings (SSSR count). The van der Waals surface area contributed by atoms with Gasteiger partial charge in [0.15, 0.2) is 0 Å². The highest BCUT2D eigenvalue weighted by atomic mass is 35.5. The number of aromatic amines is 1. The number of rotatable bonds is 2. The summed E-state index contributed by atoms with van der Waals surface area (Å²) >= 11 is 5.95. The highest BCUT2D eigenvalue weighted by Crippen LogP contribution is 2.26. The first kappa shape index (κ1) is 10.1. The van der Waals surface area contributed by atoms with Gasteiger partial charge in [0.2, 0.25) is 0 Å². The summed E-state index contributed by atoms with van der Waals surface area (Å²) in [6, 6.07) is 3.75. The van der Waals surface area contributed by atoms with E-state index in [9.17, 15) is 4.79 Å². The van der Waals surface area contributed by atoms with Crippen LogP contribution in [0.3, 0.4) is 0 Å². The lowest BCUT2D eigenvalue weighted by molar-refractivity contribution is -0.136. The van der Waals surface area contributed by atoms with Crippen LogP contribution in [0.2, 0.25) is 5.02 Å². The summed E-state index contributed by atoms with van der Waals surface area (Å²) in [6.07, 6.45) is 1.74. The van der Waals surface area contributed by atoms with Crippen molar-refractivity contribution in [3.05, 3.63) is 34.5 Å². The Morgan fingerprint density at radius 3 is 2.93 bits per heavy atom. The molecule has 0 radical (unpaired) electrons. The topological polar surface area (TPSA) is 53.1 Å². The highest BCUT2D eigenvalue weighted by Gasteiger charge is 2.08. The lowest BCUT2D eigenvalue weighted by Gasteiger charge is -2.03. The molecule has 0 atom stereocenters. The van der Waals surface area contributed by atoms with E-state index in [2.05, 4.69) is 4.98 Å². The van der Waals surface area contributed by atoms with Gasteiger partial charge in [-0.1, -0.05) is 11.6 Å². The Morgan fingerprint density at radius 2 is 2.27 bits per heavy atom. The maximum atomic E-state index is 10.6. The molecule has 4 heteroatoms. The zero-order chi connectivity index (χ0) is 11.0. The van der Waals surface area contributed by atoms with E-state index in [4.69, 9.17) is 16.7 Å². The molecule has 0 aliphatic rings. The van der Waals surface area contributed by atoms with E-state index in [-0.39, 0.29) is 6.42 Å². The van der Waals surface area contributed by atoms with Crippen LogP contribution in [0, 0.1) is 6.92 Å². The molecule has 1 aromatic carbocycles. The fourth-order valence-electron chi connectivity index (χ4n) is 1.64. The van der Waals surface area contributed by atoms with Crippen molar-refractivity contribution in [2.75, 3.05) is 0 Å². The predicted molar refractivity (Wildman–Crippen MR) is 59.4 cm³/mol. The van der Waals surface area contributed by atoms with Gasteiger partial charge in [-0.3, -0.25) is 4.79 Å². The first-order chi connectivity index (χ1) is 7.08. The van der Waals surface area contributed by atoms with Crippen LogP contribution < -0.4 is 0 Å². The third-order valence-corrected chi connectivity index (χ3v) is 2.74. The maximum absolute atomic E-state index is 10.6. The number of aromatic nitrogens is 1. The first-order valence-corrected chi connectivity index (χ1v) is 4.93. The molecule has 3 nitrogen and oxygen atoms in total. The van der Waals surface area contributed by atoms with Crippen LogP contribution in [0.4, 0.5) is 0 Å². The normalized spacial score (nSPS) is 10.8. The number of aliphatic carboxylic acids is 1. The van der Waals surface area contributed by atoms with Crippen LogP contribution in [0.1, 0.15) is 11.1 Å². The van der Waals surface area contributed by atoms with Gasteiger partial charge in [0, 0.05) is 17.1 Å². The molecule has 0 aliphatic carbocycles. The lowest BCUT2D eigenvalue weighted by Crippen LogP contribution is -2.01. The second kappa shape index (κ2) is 3.59. The quantitative estimate of drug-likeness (QED) is 0.823. The van der Waals surface area contributed by atoms with Gasteiger partial charge in [-0.25, -0.2) is 0 Å². The SMILES string of the molecule is Cc1cc2[nH]cc(Cl)c2cc1CC(=O)O. The van der Waals surface area contributed by atoms with Crippen molar-refractivity contribution >= 4 is 28.5 Å². The van der Waals surface area contributed by atoms with E-state index in [0.717, 1.165) is 22.0 Å². The second-order valence-electron chi connectivity index (χ2n) is 3.53. The summed E-state index contributed by atoms with van der Waals surface area (Å²) in [5, 5.41) is 10.2. The number of nitrogens with one attached hydrogen (secondary N) is 1. The third-order valence-electron chi connectivity index (χ3n) is 2.43. The zero-order valence-corrected chi connectivity index (χ0v) is 8.93. The van der Waals surface area contributed by atoms with Gasteiger partial charge in [-0.2, -0.15) is 0 Å². The molecular weight excluding hydrogens is 214 g/mol. The second-order valence-corrected chi connectivity index (χ2v) is 3.94. The standard InChI is InChI=1S/C11H10ClNO2/c1-6-2-10-8(9(12)5-13-10)3-7(6)4-11(14)15/h2-3,5,13H,4H2,1H3,(H,14,15). The van der Waals surface area contributed by atoms with Crippen molar-refractivity contribution in [3.8, 4) is 0 Å². The van der Waals surface area contributed by atoms with Gasteiger partial charge in [0.05, 0.1) is 11.4 Å². The summed E-state index contributed by atoms with van der Waals surface area (Å²) < 4.78 is 0. The molecule has 0 saturated carbocycles. The van der Waals surface area contributed by atoms with Crippen LogP contribution in [-0.2, 0) is 11.2 Å². The van der Waals surface area contributed by atoms with Crippen molar-refractivity contribution in [3.63, 3.8) is 0 Å². The predicted octanol–water partition coefficient (Wildman–Crippen LogP) is 2.76. The van der Waals surface area contributed by atoms with Crippen LogP contribution >= 0.6 is 11.6 Å². The van der Waals surface area contributed by atoms with Crippen molar-refractivity contribution in [1.82, 2.24) is 4.98 Å². The molecule has 1 heterocycles. The van der Waals surface area contributed by atoms with E-state index >= 15 is 0 Å². The van der Waals surface area contributed by atoms with Gasteiger partial charge in [-0.05, 0) is 30.2 Å². The number of H-pyrrole nitrogens is 1. The van der Waals surface area contributed by atoms with Gasteiger partial charge in [-0.15, -0.1) is 0 Å². The number of benzene rings is 1. The Balaban J connectivity index is 2.59. The van der Waals surface area contributed by atoms with Crippen LogP contribution in [0.5, 0.6) is 0 Å². The van der Waals surface area contributed by atoms with Crippen LogP contribution in [0.25, 0.3) is 10.9 Å². The molecule has 2 N–H and O–H groups in total. The van der Waals surface area contributed by atoms with Crippen molar-refractivity contribution < 1.29 is 9.90 Å². The number of carbonyl (C=O) groups is 1. The van der Waals surface area contributed by atoms with Gasteiger partial charge in [0.1, 0.15) is 0 Å². The Kier molecular flexibility index (Phi) is 2.40. The average molecular weight is 224 g/mol. The number of carboxylic acid groups (broad SMARTS) is 1. The molecule has 1 aromatic heterocycles. The summed E-state index contributed by atoms with van der Waals surface area (Å²) in [4.78, 5) is 13.7. The minimum Gasteiger partial charge on any atom is -0.481 e. The van der Waals surface area contributed by atoms with E-state index in [1.807, 2.05) is 19.1 Å². The number of hydrogen-bond acceptors (Lipinski definition) is 1. The molecule has 78 valence electrons. The summed E-state index contributed by atoms with van der Waals surface area (Å²) in [6.45, 7) is 1.90. The fraction of sp³-hybridized carbons (Fsp3) is 0.182. The number of halogens is 1. The van der Waals surface area contributed by atoms with Gasteiger partial charge in [0.25, 0.3) is 0 Å². The summed E-state index contributed by atoms with van der Waals surface area (Å²) in [5.41, 5.74) is 2.70. The molecule has 0 bridgehead atoms. The number of hydrogen-bond donors (Lipinski definition) is 2. The molecule has 0 aliphatic heterocycles. The van der Waals surface area contributed by atoms with E-state index < -0.39 is 5.97 Å². The Labute approximate surface area is 91.7 Å². The highest BCUT2D eigenvalue weighted by molar-refractivity contribution is 6.35. The Bertz CT molecular complexity index is 531. The monoisotopic (exact) mass is 223 g/mol. The summed E-state index contributed by atoms with van der Waals surface area (Å²) in [5.74, 6) is -0.830. The molecule has 0 unspecified atom stereocenters. The number of carboxylic acids is 1. The van der Waals surface area contributed by atoms with E-state index in [1.165, 1.54) is 0 Å². The maximum Gasteiger partial charge on any atom is 0.307 e. The fourth-order valence-corrected chi connectivity index (χ4v) is 1.85. The van der Waals surface area contributed by atoms with E-state index in [0.29, 0.717) is 5.02 Å². The summed E-state index contributed by atoms with van der Waals surface area (Å²) in [7, 11) is 0. The largest absolute Gasteiger partial charge is 0.481 e. The van der Waals surface area contributed by atoms with Crippen LogP contribution in [-0.4, -0.2) is 16.1 Å².